The first-order chi connectivity index (χ1) is 12.7. The van der Waals surface area contributed by atoms with Crippen LogP contribution in [-0.2, 0) is 4.79 Å². The van der Waals surface area contributed by atoms with Crippen molar-refractivity contribution in [1.82, 2.24) is 10.5 Å². The average Bonchev–Trinajstić information content (AvgIpc) is 3.04. The Kier molecular flexibility index (Phi) is 6.04. The van der Waals surface area contributed by atoms with E-state index in [0.717, 1.165) is 0 Å². The number of nitrogens with zero attached hydrogens (tertiary/aromatic N) is 2. The van der Waals surface area contributed by atoms with Gasteiger partial charge in [0.25, 0.3) is 5.91 Å². The molecule has 0 bridgehead atoms. The number of hydrogen-bond acceptors (Lipinski definition) is 6. The van der Waals surface area contributed by atoms with E-state index in [2.05, 4.69) is 10.5 Å². The fourth-order valence-corrected chi connectivity index (χ4v) is 2.57. The van der Waals surface area contributed by atoms with Crippen molar-refractivity contribution in [3.8, 4) is 17.1 Å². The van der Waals surface area contributed by atoms with E-state index < -0.39 is 23.7 Å². The molecule has 1 heterocycles. The quantitative estimate of drug-likeness (QED) is 0.760. The molecule has 2 amide bonds. The molecule has 2 rings (SSSR count). The topological polar surface area (TPSA) is 111 Å². The number of nitrogens with one attached hydrogen (secondary N) is 1. The summed E-state index contributed by atoms with van der Waals surface area (Å²) >= 11 is 0. The van der Waals surface area contributed by atoms with Gasteiger partial charge in [-0.25, -0.2) is 4.39 Å². The number of methoxy groups -OCH3 is 1. The van der Waals surface area contributed by atoms with E-state index in [4.69, 9.17) is 15.0 Å². The molecule has 1 aromatic carbocycles. The third-order valence-electron chi connectivity index (χ3n) is 4.00. The number of benzene rings is 1. The molecular weight excluding hydrogens is 355 g/mol. The van der Waals surface area contributed by atoms with Gasteiger partial charge in [-0.1, -0.05) is 19.0 Å². The zero-order valence-corrected chi connectivity index (χ0v) is 15.9. The van der Waals surface area contributed by atoms with Gasteiger partial charge < -0.3 is 25.2 Å². The van der Waals surface area contributed by atoms with E-state index in [1.807, 2.05) is 0 Å². The van der Waals surface area contributed by atoms with Crippen LogP contribution >= 0.6 is 0 Å². The molecule has 146 valence electrons. The fourth-order valence-electron chi connectivity index (χ4n) is 2.57. The van der Waals surface area contributed by atoms with E-state index in [-0.39, 0.29) is 28.8 Å². The Labute approximate surface area is 156 Å². The molecule has 0 radical (unpaired) electrons. The maximum absolute atomic E-state index is 13.7. The molecule has 9 heteroatoms. The molecule has 3 N–H and O–H groups in total. The van der Waals surface area contributed by atoms with Crippen LogP contribution in [0.5, 0.6) is 5.75 Å². The van der Waals surface area contributed by atoms with Gasteiger partial charge in [0.2, 0.25) is 5.91 Å². The van der Waals surface area contributed by atoms with E-state index in [1.54, 1.807) is 32.8 Å². The standard InChI is InChI=1S/C18H23FN4O4/c1-9(2)14(16(20)24)21-18(25)13-15(27-22-17(13)23(3)4)10-6-7-11(19)12(8-10)26-5/h6-9,14H,1-5H3,(H2,20,24)(H,21,25). The lowest BCUT2D eigenvalue weighted by Gasteiger charge is -2.19. The van der Waals surface area contributed by atoms with Crippen LogP contribution in [0.2, 0.25) is 0 Å². The Morgan fingerprint density at radius 1 is 1.33 bits per heavy atom. The van der Waals surface area contributed by atoms with Crippen molar-refractivity contribution < 1.29 is 23.2 Å². The van der Waals surface area contributed by atoms with Crippen molar-refractivity contribution in [2.75, 3.05) is 26.1 Å². The molecule has 0 aliphatic carbocycles. The molecule has 1 aromatic heterocycles. The summed E-state index contributed by atoms with van der Waals surface area (Å²) in [5, 5.41) is 6.55. The zero-order chi connectivity index (χ0) is 20.3. The van der Waals surface area contributed by atoms with Crippen molar-refractivity contribution in [2.45, 2.75) is 19.9 Å². The van der Waals surface area contributed by atoms with Crippen LogP contribution < -0.4 is 20.7 Å². The number of hydrogen-bond donors (Lipinski definition) is 2. The fraction of sp³-hybridized carbons (Fsp3) is 0.389. The maximum Gasteiger partial charge on any atom is 0.259 e. The summed E-state index contributed by atoms with van der Waals surface area (Å²) in [6.07, 6.45) is 0. The zero-order valence-electron chi connectivity index (χ0n) is 15.9. The van der Waals surface area contributed by atoms with Gasteiger partial charge in [0, 0.05) is 19.7 Å². The SMILES string of the molecule is COc1cc(-c2onc(N(C)C)c2C(=O)NC(C(N)=O)C(C)C)ccc1F. The van der Waals surface area contributed by atoms with Gasteiger partial charge in [0.05, 0.1) is 7.11 Å². The molecule has 8 nitrogen and oxygen atoms in total. The summed E-state index contributed by atoms with van der Waals surface area (Å²) in [6.45, 7) is 3.53. The first-order valence-corrected chi connectivity index (χ1v) is 8.28. The van der Waals surface area contributed by atoms with E-state index in [9.17, 15) is 14.0 Å². The molecule has 0 fully saturated rings. The Morgan fingerprint density at radius 2 is 2.00 bits per heavy atom. The molecule has 0 spiro atoms. The summed E-state index contributed by atoms with van der Waals surface area (Å²) in [4.78, 5) is 26.2. The van der Waals surface area contributed by atoms with Crippen LogP contribution in [0.15, 0.2) is 22.7 Å². The number of carbonyl (C=O) groups is 2. The van der Waals surface area contributed by atoms with Crippen molar-refractivity contribution in [1.29, 1.82) is 0 Å². The van der Waals surface area contributed by atoms with Gasteiger partial charge >= 0.3 is 0 Å². The van der Waals surface area contributed by atoms with Gasteiger partial charge in [-0.2, -0.15) is 0 Å². The minimum absolute atomic E-state index is 0.00106. The summed E-state index contributed by atoms with van der Waals surface area (Å²) < 4.78 is 24.1. The highest BCUT2D eigenvalue weighted by molar-refractivity contribution is 6.05. The molecule has 0 aliphatic heterocycles. The van der Waals surface area contributed by atoms with Crippen LogP contribution in [0.3, 0.4) is 0 Å². The summed E-state index contributed by atoms with van der Waals surface area (Å²) in [5.74, 6) is -1.59. The van der Waals surface area contributed by atoms with Gasteiger partial charge in [-0.15, -0.1) is 0 Å². The summed E-state index contributed by atoms with van der Waals surface area (Å²) in [7, 11) is 4.72. The van der Waals surface area contributed by atoms with Crippen LogP contribution in [0, 0.1) is 11.7 Å². The highest BCUT2D eigenvalue weighted by atomic mass is 19.1. The lowest BCUT2D eigenvalue weighted by Crippen LogP contribution is -2.47. The number of rotatable bonds is 7. The second-order valence-corrected chi connectivity index (χ2v) is 6.55. The third kappa shape index (κ3) is 4.18. The minimum atomic E-state index is -0.863. The molecular formula is C18H23FN4O4. The lowest BCUT2D eigenvalue weighted by atomic mass is 10.0. The normalized spacial score (nSPS) is 12.0. The van der Waals surface area contributed by atoms with Crippen molar-refractivity contribution in [2.24, 2.45) is 11.7 Å². The monoisotopic (exact) mass is 378 g/mol. The number of nitrogens with two attached hydrogens (primary N) is 1. The van der Waals surface area contributed by atoms with Gasteiger partial charge in [0.1, 0.15) is 11.6 Å². The number of amides is 2. The summed E-state index contributed by atoms with van der Waals surface area (Å²) in [5.41, 5.74) is 5.89. The molecule has 1 unspecified atom stereocenters. The average molecular weight is 378 g/mol. The number of primary amides is 1. The Balaban J connectivity index is 2.53. The van der Waals surface area contributed by atoms with Gasteiger partial charge in [0.15, 0.2) is 23.1 Å². The largest absolute Gasteiger partial charge is 0.494 e. The molecule has 0 saturated heterocycles. The van der Waals surface area contributed by atoms with Crippen LogP contribution in [0.25, 0.3) is 11.3 Å². The molecule has 2 aromatic rings. The number of anilines is 1. The molecule has 27 heavy (non-hydrogen) atoms. The maximum atomic E-state index is 13.7. The van der Waals surface area contributed by atoms with E-state index >= 15 is 0 Å². The Hall–Kier alpha value is -3.10. The van der Waals surface area contributed by atoms with Crippen LogP contribution in [0.4, 0.5) is 10.2 Å². The second kappa shape index (κ2) is 8.07. The first-order valence-electron chi connectivity index (χ1n) is 8.28. The van der Waals surface area contributed by atoms with Crippen molar-refractivity contribution in [3.05, 3.63) is 29.6 Å². The first kappa shape index (κ1) is 20.2. The minimum Gasteiger partial charge on any atom is -0.494 e. The second-order valence-electron chi connectivity index (χ2n) is 6.55. The van der Waals surface area contributed by atoms with Gasteiger partial charge in [-0.3, -0.25) is 9.59 Å². The highest BCUT2D eigenvalue weighted by Gasteiger charge is 2.30. The molecule has 1 atom stereocenters. The Morgan fingerprint density at radius 3 is 2.52 bits per heavy atom. The number of ether oxygens (including phenoxy) is 1. The van der Waals surface area contributed by atoms with Crippen LogP contribution in [0.1, 0.15) is 24.2 Å². The smallest absolute Gasteiger partial charge is 0.259 e. The van der Waals surface area contributed by atoms with Crippen molar-refractivity contribution >= 4 is 17.6 Å². The predicted molar refractivity (Wildman–Crippen MR) is 98.1 cm³/mol. The Bertz CT molecular complexity index is 848. The lowest BCUT2D eigenvalue weighted by molar-refractivity contribution is -0.120. The van der Waals surface area contributed by atoms with Crippen molar-refractivity contribution in [3.63, 3.8) is 0 Å². The third-order valence-corrected chi connectivity index (χ3v) is 4.00. The number of halogens is 1. The summed E-state index contributed by atoms with van der Waals surface area (Å²) in [6, 6.07) is 3.19. The number of carbonyl (C=O) groups excluding carboxylic acids is 2. The van der Waals surface area contributed by atoms with E-state index in [0.29, 0.717) is 5.56 Å². The van der Waals surface area contributed by atoms with Gasteiger partial charge in [-0.05, 0) is 24.1 Å². The highest BCUT2D eigenvalue weighted by Crippen LogP contribution is 2.33. The molecule has 0 saturated carbocycles. The van der Waals surface area contributed by atoms with E-state index in [1.165, 1.54) is 25.3 Å². The predicted octanol–water partition coefficient (Wildman–Crippen LogP) is 1.79. The molecule has 0 aliphatic rings. The van der Waals surface area contributed by atoms with Crippen LogP contribution in [-0.4, -0.2) is 44.2 Å². The number of aromatic nitrogens is 1.